The van der Waals surface area contributed by atoms with Gasteiger partial charge in [-0.1, -0.05) is 219 Å². The summed E-state index contributed by atoms with van der Waals surface area (Å²) < 4.78 is 11.3. The van der Waals surface area contributed by atoms with E-state index in [0.29, 0.717) is 12.8 Å². The number of rotatable bonds is 44. The normalized spacial score (nSPS) is 20.6. The summed E-state index contributed by atoms with van der Waals surface area (Å²) in [5.41, 5.74) is 0. The summed E-state index contributed by atoms with van der Waals surface area (Å²) in [6, 6.07) is -0.713. The molecule has 9 heteroatoms. The van der Waals surface area contributed by atoms with Gasteiger partial charge in [-0.25, -0.2) is 0 Å². The first-order valence-electron chi connectivity index (χ1n) is 25.9. The number of hydrogen-bond acceptors (Lipinski definition) is 8. The molecule has 7 atom stereocenters. The van der Waals surface area contributed by atoms with E-state index in [-0.39, 0.29) is 12.5 Å². The van der Waals surface area contributed by atoms with E-state index in [1.54, 1.807) is 0 Å². The van der Waals surface area contributed by atoms with Crippen molar-refractivity contribution >= 4 is 5.91 Å². The molecule has 0 spiro atoms. The molecule has 1 fully saturated rings. The zero-order chi connectivity index (χ0) is 43.7. The van der Waals surface area contributed by atoms with Gasteiger partial charge in [0.1, 0.15) is 24.4 Å². The average Bonchev–Trinajstić information content (AvgIpc) is 3.25. The minimum atomic E-state index is -1.55. The van der Waals surface area contributed by atoms with E-state index in [1.165, 1.54) is 186 Å². The Labute approximate surface area is 369 Å². The van der Waals surface area contributed by atoms with Crippen LogP contribution in [0, 0.1) is 0 Å². The SMILES string of the molecule is CCCCCCCCCC/C=C\CCCCCCCCCCCCCCCCCC(=O)NC(COC1OC(CO)C(O)C(O)C1O)C(O)CCCCCCCCCCCC. The van der Waals surface area contributed by atoms with E-state index in [2.05, 4.69) is 31.3 Å². The Morgan fingerprint density at radius 1 is 0.550 bits per heavy atom. The van der Waals surface area contributed by atoms with Crippen LogP contribution in [0.5, 0.6) is 0 Å². The highest BCUT2D eigenvalue weighted by molar-refractivity contribution is 5.76. The number of hydrogen-bond donors (Lipinski definition) is 6. The van der Waals surface area contributed by atoms with E-state index >= 15 is 0 Å². The predicted octanol–water partition coefficient (Wildman–Crippen LogP) is 11.7. The van der Waals surface area contributed by atoms with Crippen molar-refractivity contribution < 1.29 is 39.8 Å². The van der Waals surface area contributed by atoms with Gasteiger partial charge in [-0.05, 0) is 38.5 Å². The van der Waals surface area contributed by atoms with Gasteiger partial charge < -0.3 is 40.3 Å². The minimum Gasteiger partial charge on any atom is -0.394 e. The molecule has 1 amide bonds. The van der Waals surface area contributed by atoms with Crippen molar-refractivity contribution in [1.82, 2.24) is 5.32 Å². The van der Waals surface area contributed by atoms with Crippen LogP contribution in [0.2, 0.25) is 0 Å². The molecule has 0 bridgehead atoms. The topological polar surface area (TPSA) is 149 Å². The van der Waals surface area contributed by atoms with Crippen LogP contribution < -0.4 is 5.32 Å². The highest BCUT2D eigenvalue weighted by Gasteiger charge is 2.44. The molecule has 1 heterocycles. The Morgan fingerprint density at radius 3 is 1.35 bits per heavy atom. The van der Waals surface area contributed by atoms with Gasteiger partial charge in [0.25, 0.3) is 0 Å². The molecule has 0 saturated carbocycles. The van der Waals surface area contributed by atoms with Gasteiger partial charge in [-0.15, -0.1) is 0 Å². The maximum Gasteiger partial charge on any atom is 0.220 e. The van der Waals surface area contributed by atoms with Crippen molar-refractivity contribution in [1.29, 1.82) is 0 Å². The number of nitrogens with one attached hydrogen (secondary N) is 1. The lowest BCUT2D eigenvalue weighted by Crippen LogP contribution is -2.60. The molecule has 1 aliphatic heterocycles. The molecule has 1 aliphatic rings. The Hall–Kier alpha value is -1.07. The predicted molar refractivity (Wildman–Crippen MR) is 249 cm³/mol. The quantitative estimate of drug-likeness (QED) is 0.0262. The second-order valence-corrected chi connectivity index (χ2v) is 18.3. The highest BCUT2D eigenvalue weighted by atomic mass is 16.7. The van der Waals surface area contributed by atoms with E-state index in [9.17, 15) is 30.3 Å². The van der Waals surface area contributed by atoms with Crippen molar-refractivity contribution in [3.8, 4) is 0 Å². The molecule has 0 aromatic heterocycles. The van der Waals surface area contributed by atoms with Crippen molar-refractivity contribution in [2.45, 2.75) is 294 Å². The molecular weight excluding hydrogens is 755 g/mol. The second kappa shape index (κ2) is 41.9. The fourth-order valence-corrected chi connectivity index (χ4v) is 8.45. The van der Waals surface area contributed by atoms with Crippen LogP contribution in [-0.4, -0.2) is 87.5 Å². The summed E-state index contributed by atoms with van der Waals surface area (Å²) >= 11 is 0. The van der Waals surface area contributed by atoms with Crippen molar-refractivity contribution in [2.24, 2.45) is 0 Å². The van der Waals surface area contributed by atoms with Gasteiger partial charge in [-0.2, -0.15) is 0 Å². The summed E-state index contributed by atoms with van der Waals surface area (Å²) in [7, 11) is 0. The Bertz CT molecular complexity index is 950. The van der Waals surface area contributed by atoms with E-state index in [1.807, 2.05) is 0 Å². The zero-order valence-corrected chi connectivity index (χ0v) is 39.2. The zero-order valence-electron chi connectivity index (χ0n) is 39.2. The maximum atomic E-state index is 13.0. The first kappa shape index (κ1) is 56.9. The summed E-state index contributed by atoms with van der Waals surface area (Å²) in [5.74, 6) is -0.142. The largest absolute Gasteiger partial charge is 0.394 e. The van der Waals surface area contributed by atoms with Crippen LogP contribution in [0.4, 0.5) is 0 Å². The summed E-state index contributed by atoms with van der Waals surface area (Å²) in [6.45, 7) is 3.83. The van der Waals surface area contributed by atoms with Gasteiger partial charge in [0, 0.05) is 6.42 Å². The number of allylic oxidation sites excluding steroid dienone is 2. The molecule has 0 aliphatic carbocycles. The fourth-order valence-electron chi connectivity index (χ4n) is 8.45. The van der Waals surface area contributed by atoms with Crippen LogP contribution in [0.15, 0.2) is 12.2 Å². The van der Waals surface area contributed by atoms with Crippen LogP contribution in [0.1, 0.15) is 251 Å². The summed E-state index contributed by atoms with van der Waals surface area (Å²) in [6.07, 6.45) is 42.5. The van der Waals surface area contributed by atoms with Gasteiger partial charge in [0.15, 0.2) is 6.29 Å². The molecule has 356 valence electrons. The lowest BCUT2D eigenvalue weighted by atomic mass is 9.99. The third-order valence-electron chi connectivity index (χ3n) is 12.6. The number of unbranched alkanes of at least 4 members (excludes halogenated alkanes) is 32. The molecule has 0 radical (unpaired) electrons. The summed E-state index contributed by atoms with van der Waals surface area (Å²) in [5, 5.41) is 54.3. The van der Waals surface area contributed by atoms with Gasteiger partial charge in [0.05, 0.1) is 25.4 Å². The third-order valence-corrected chi connectivity index (χ3v) is 12.6. The number of carbonyl (C=O) groups excluding carboxylic acids is 1. The Balaban J connectivity index is 2.14. The third kappa shape index (κ3) is 31.7. The number of aliphatic hydroxyl groups is 5. The van der Waals surface area contributed by atoms with Crippen molar-refractivity contribution in [2.75, 3.05) is 13.2 Å². The molecule has 0 aromatic carbocycles. The maximum absolute atomic E-state index is 13.0. The molecule has 1 saturated heterocycles. The van der Waals surface area contributed by atoms with Gasteiger partial charge in [0.2, 0.25) is 5.91 Å². The van der Waals surface area contributed by atoms with Crippen LogP contribution in [0.3, 0.4) is 0 Å². The van der Waals surface area contributed by atoms with Crippen LogP contribution >= 0.6 is 0 Å². The molecule has 6 N–H and O–H groups in total. The average molecular weight is 854 g/mol. The molecule has 7 unspecified atom stereocenters. The first-order chi connectivity index (χ1) is 29.3. The number of amides is 1. The summed E-state index contributed by atoms with van der Waals surface area (Å²) in [4.78, 5) is 13.0. The standard InChI is InChI=1S/C51H99NO8/c1-3-5-7-9-11-13-15-16-17-18-19-20-21-22-23-24-25-26-27-28-29-30-31-33-35-37-39-41-47(55)52-44(43-59-51-50(58)49(57)48(56)46(42-53)60-51)45(54)40-38-36-34-32-14-12-10-8-6-4-2/h18-19,44-46,48-51,53-54,56-58H,3-17,20-43H2,1-2H3,(H,52,55)/b19-18-. The molecule has 60 heavy (non-hydrogen) atoms. The molecule has 1 rings (SSSR count). The monoisotopic (exact) mass is 854 g/mol. The van der Waals surface area contributed by atoms with Crippen LogP contribution in [-0.2, 0) is 14.3 Å². The number of aliphatic hydroxyl groups excluding tert-OH is 5. The molecular formula is C51H99NO8. The first-order valence-corrected chi connectivity index (χ1v) is 25.9. The van der Waals surface area contributed by atoms with Gasteiger partial charge in [-0.3, -0.25) is 4.79 Å². The van der Waals surface area contributed by atoms with Gasteiger partial charge >= 0.3 is 0 Å². The number of ether oxygens (including phenoxy) is 2. The molecule has 0 aromatic rings. The van der Waals surface area contributed by atoms with E-state index < -0.39 is 49.5 Å². The Kier molecular flexibility index (Phi) is 39.8. The van der Waals surface area contributed by atoms with Crippen molar-refractivity contribution in [3.05, 3.63) is 12.2 Å². The lowest BCUT2D eigenvalue weighted by Gasteiger charge is -2.40. The lowest BCUT2D eigenvalue weighted by molar-refractivity contribution is -0.302. The van der Waals surface area contributed by atoms with Crippen molar-refractivity contribution in [3.63, 3.8) is 0 Å². The van der Waals surface area contributed by atoms with E-state index in [0.717, 1.165) is 38.5 Å². The van der Waals surface area contributed by atoms with Crippen LogP contribution in [0.25, 0.3) is 0 Å². The smallest absolute Gasteiger partial charge is 0.220 e. The Morgan fingerprint density at radius 2 is 0.933 bits per heavy atom. The van der Waals surface area contributed by atoms with E-state index in [4.69, 9.17) is 9.47 Å². The fraction of sp³-hybridized carbons (Fsp3) is 0.941. The number of carbonyl (C=O) groups is 1. The molecule has 9 nitrogen and oxygen atoms in total. The second-order valence-electron chi connectivity index (χ2n) is 18.3. The minimum absolute atomic E-state index is 0.134. The highest BCUT2D eigenvalue weighted by Crippen LogP contribution is 2.23.